The van der Waals surface area contributed by atoms with Gasteiger partial charge in [-0.1, -0.05) is 30.3 Å². The van der Waals surface area contributed by atoms with E-state index in [2.05, 4.69) is 22.8 Å². The number of carbonyl (C=O) groups is 1. The van der Waals surface area contributed by atoms with Crippen LogP contribution in [-0.2, 0) is 6.42 Å². The number of rotatable bonds is 10. The van der Waals surface area contributed by atoms with Crippen LogP contribution in [0.2, 0.25) is 0 Å². The number of nitrogens with one attached hydrogen (secondary N) is 2. The summed E-state index contributed by atoms with van der Waals surface area (Å²) in [7, 11) is 1.63. The molecule has 1 aliphatic rings. The first-order chi connectivity index (χ1) is 15.3. The lowest BCUT2D eigenvalue weighted by molar-refractivity contribution is 0.0900. The van der Waals surface area contributed by atoms with Crippen molar-refractivity contribution >= 4 is 11.5 Å². The minimum absolute atomic E-state index is 0.0114. The van der Waals surface area contributed by atoms with Gasteiger partial charge in [0.15, 0.2) is 17.3 Å². The smallest absolute Gasteiger partial charge is 0.216 e. The summed E-state index contributed by atoms with van der Waals surface area (Å²) < 4.78 is 16.6. The van der Waals surface area contributed by atoms with E-state index in [1.807, 2.05) is 36.4 Å². The van der Waals surface area contributed by atoms with E-state index in [4.69, 9.17) is 13.9 Å². The highest BCUT2D eigenvalue weighted by Gasteiger charge is 2.32. The first-order valence-electron chi connectivity index (χ1n) is 10.7. The molecule has 2 N–H and O–H groups in total. The van der Waals surface area contributed by atoms with Crippen molar-refractivity contribution in [3.8, 4) is 11.5 Å². The Morgan fingerprint density at radius 1 is 1.13 bits per heavy atom. The van der Waals surface area contributed by atoms with Crippen molar-refractivity contribution in [2.45, 2.75) is 31.3 Å². The number of hydrogen-bond acceptors (Lipinski definition) is 6. The minimum Gasteiger partial charge on any atom is -0.493 e. The SMILES string of the molecule is COc1ccccc1OCCCNC(C(=O)c1ccco1)C1CCc2ccccc2N1. The van der Waals surface area contributed by atoms with Crippen molar-refractivity contribution in [2.24, 2.45) is 0 Å². The van der Waals surface area contributed by atoms with Crippen molar-refractivity contribution in [1.82, 2.24) is 5.32 Å². The molecule has 6 heteroatoms. The topological polar surface area (TPSA) is 72.7 Å². The van der Waals surface area contributed by atoms with Gasteiger partial charge in [-0.25, -0.2) is 0 Å². The van der Waals surface area contributed by atoms with Crippen LogP contribution in [0.15, 0.2) is 71.3 Å². The largest absolute Gasteiger partial charge is 0.493 e. The van der Waals surface area contributed by atoms with E-state index in [1.54, 1.807) is 19.2 Å². The van der Waals surface area contributed by atoms with Crippen molar-refractivity contribution < 1.29 is 18.7 Å². The van der Waals surface area contributed by atoms with E-state index in [-0.39, 0.29) is 17.9 Å². The molecule has 3 aromatic rings. The van der Waals surface area contributed by atoms with Gasteiger partial charge in [0.2, 0.25) is 5.78 Å². The number of ketones is 1. The van der Waals surface area contributed by atoms with Crippen LogP contribution in [0.5, 0.6) is 11.5 Å². The van der Waals surface area contributed by atoms with Crippen LogP contribution < -0.4 is 20.1 Å². The fraction of sp³-hybridized carbons (Fsp3) is 0.320. The predicted octanol–water partition coefficient (Wildman–Crippen LogP) is 4.33. The summed E-state index contributed by atoms with van der Waals surface area (Å²) in [6, 6.07) is 18.9. The summed E-state index contributed by atoms with van der Waals surface area (Å²) in [5.41, 5.74) is 2.38. The first-order valence-corrected chi connectivity index (χ1v) is 10.7. The van der Waals surface area contributed by atoms with Crippen molar-refractivity contribution in [1.29, 1.82) is 0 Å². The molecule has 162 valence electrons. The second-order valence-corrected chi connectivity index (χ2v) is 7.57. The maximum absolute atomic E-state index is 13.1. The molecule has 2 atom stereocenters. The summed E-state index contributed by atoms with van der Waals surface area (Å²) in [6.07, 6.45) is 4.10. The lowest BCUT2D eigenvalue weighted by Gasteiger charge is -2.32. The summed E-state index contributed by atoms with van der Waals surface area (Å²) in [5, 5.41) is 6.99. The standard InChI is InChI=1S/C25H28N2O4/c1-29-21-10-4-5-11-22(21)30-17-7-15-26-24(25(28)23-12-6-16-31-23)20-14-13-18-8-2-3-9-19(18)27-20/h2-6,8-12,16,20,24,26-27H,7,13-15,17H2,1H3. The Labute approximate surface area is 182 Å². The van der Waals surface area contributed by atoms with Gasteiger partial charge >= 0.3 is 0 Å². The molecule has 0 aliphatic carbocycles. The molecule has 31 heavy (non-hydrogen) atoms. The lowest BCUT2D eigenvalue weighted by Crippen LogP contribution is -2.51. The Hall–Kier alpha value is -3.25. The van der Waals surface area contributed by atoms with Crippen molar-refractivity contribution in [3.05, 3.63) is 78.3 Å². The van der Waals surface area contributed by atoms with Crippen LogP contribution in [0.25, 0.3) is 0 Å². The van der Waals surface area contributed by atoms with Crippen LogP contribution in [0, 0.1) is 0 Å². The highest BCUT2D eigenvalue weighted by molar-refractivity contribution is 5.98. The molecular weight excluding hydrogens is 392 g/mol. The van der Waals surface area contributed by atoms with E-state index in [0.717, 1.165) is 30.7 Å². The second kappa shape index (κ2) is 10.2. The van der Waals surface area contributed by atoms with E-state index in [0.29, 0.717) is 24.7 Å². The lowest BCUT2D eigenvalue weighted by atomic mass is 9.91. The van der Waals surface area contributed by atoms with Gasteiger partial charge in [-0.05, 0) is 61.7 Å². The molecule has 2 aromatic carbocycles. The van der Waals surface area contributed by atoms with E-state index in [9.17, 15) is 4.79 Å². The van der Waals surface area contributed by atoms with Crippen molar-refractivity contribution in [3.63, 3.8) is 0 Å². The molecule has 0 radical (unpaired) electrons. The fourth-order valence-electron chi connectivity index (χ4n) is 3.95. The zero-order chi connectivity index (χ0) is 21.5. The second-order valence-electron chi connectivity index (χ2n) is 7.57. The minimum atomic E-state index is -0.384. The number of para-hydroxylation sites is 3. The third-order valence-electron chi connectivity index (χ3n) is 5.54. The Kier molecular flexibility index (Phi) is 6.89. The fourth-order valence-corrected chi connectivity index (χ4v) is 3.95. The number of aryl methyl sites for hydroxylation is 1. The van der Waals surface area contributed by atoms with Gasteiger partial charge in [-0.3, -0.25) is 4.79 Å². The molecule has 1 aromatic heterocycles. The Morgan fingerprint density at radius 3 is 2.74 bits per heavy atom. The van der Waals surface area contributed by atoms with Crippen LogP contribution in [0.3, 0.4) is 0 Å². The number of benzene rings is 2. The van der Waals surface area contributed by atoms with Crippen LogP contribution in [0.4, 0.5) is 5.69 Å². The van der Waals surface area contributed by atoms with Gasteiger partial charge in [0.05, 0.1) is 26.0 Å². The van der Waals surface area contributed by atoms with E-state index < -0.39 is 0 Å². The molecule has 2 heterocycles. The maximum atomic E-state index is 13.1. The van der Waals surface area contributed by atoms with Crippen molar-refractivity contribution in [2.75, 3.05) is 25.6 Å². The maximum Gasteiger partial charge on any atom is 0.216 e. The van der Waals surface area contributed by atoms with E-state index >= 15 is 0 Å². The number of carbonyl (C=O) groups excluding carboxylic acids is 1. The number of methoxy groups -OCH3 is 1. The molecule has 0 amide bonds. The highest BCUT2D eigenvalue weighted by Crippen LogP contribution is 2.27. The van der Waals surface area contributed by atoms with Gasteiger partial charge in [0.25, 0.3) is 0 Å². The van der Waals surface area contributed by atoms with Crippen LogP contribution in [-0.4, -0.2) is 38.1 Å². The Balaban J connectivity index is 1.37. The third kappa shape index (κ3) is 5.09. The Bertz CT molecular complexity index is 987. The number of hydrogen-bond donors (Lipinski definition) is 2. The third-order valence-corrected chi connectivity index (χ3v) is 5.54. The number of Topliss-reactive ketones (excluding diaryl/α,β-unsaturated/α-hetero) is 1. The molecule has 0 saturated carbocycles. The molecule has 0 saturated heterocycles. The van der Waals surface area contributed by atoms with Gasteiger partial charge in [-0.15, -0.1) is 0 Å². The monoisotopic (exact) mass is 420 g/mol. The van der Waals surface area contributed by atoms with Gasteiger partial charge in [0.1, 0.15) is 0 Å². The highest BCUT2D eigenvalue weighted by atomic mass is 16.5. The van der Waals surface area contributed by atoms with Gasteiger partial charge in [-0.2, -0.15) is 0 Å². The molecule has 4 rings (SSSR count). The van der Waals surface area contributed by atoms with Crippen LogP contribution >= 0.6 is 0 Å². The zero-order valence-electron chi connectivity index (χ0n) is 17.7. The summed E-state index contributed by atoms with van der Waals surface area (Å²) in [4.78, 5) is 13.1. The van der Waals surface area contributed by atoms with E-state index in [1.165, 1.54) is 11.8 Å². The summed E-state index contributed by atoms with van der Waals surface area (Å²) in [5.74, 6) is 1.78. The number of anilines is 1. The molecule has 0 spiro atoms. The normalized spacial score (nSPS) is 16.1. The average molecular weight is 421 g/mol. The van der Waals surface area contributed by atoms with Gasteiger partial charge in [0, 0.05) is 11.7 Å². The zero-order valence-corrected chi connectivity index (χ0v) is 17.7. The Morgan fingerprint density at radius 2 is 1.94 bits per heavy atom. The predicted molar refractivity (Wildman–Crippen MR) is 120 cm³/mol. The van der Waals surface area contributed by atoms with Crippen LogP contribution in [0.1, 0.15) is 29.0 Å². The molecule has 2 unspecified atom stereocenters. The van der Waals surface area contributed by atoms with Gasteiger partial charge < -0.3 is 24.5 Å². The molecule has 0 fully saturated rings. The molecular formula is C25H28N2O4. The number of furan rings is 1. The summed E-state index contributed by atoms with van der Waals surface area (Å²) >= 11 is 0. The quantitative estimate of drug-likeness (QED) is 0.376. The first kappa shape index (κ1) is 21.0. The summed E-state index contributed by atoms with van der Waals surface area (Å²) in [6.45, 7) is 1.17. The molecule has 6 nitrogen and oxygen atoms in total. The number of ether oxygens (including phenoxy) is 2. The average Bonchev–Trinajstić information content (AvgIpc) is 3.36. The molecule has 1 aliphatic heterocycles. The number of fused-ring (bicyclic) bond motifs is 1. The molecule has 0 bridgehead atoms.